The fourth-order valence-corrected chi connectivity index (χ4v) is 2.37. The maximum atomic E-state index is 5.92. The van der Waals surface area contributed by atoms with Gasteiger partial charge in [-0.25, -0.2) is 0 Å². The van der Waals surface area contributed by atoms with Crippen molar-refractivity contribution in [2.24, 2.45) is 5.73 Å². The molecule has 1 unspecified atom stereocenters. The molecule has 0 saturated heterocycles. The van der Waals surface area contributed by atoms with E-state index in [4.69, 9.17) is 22.7 Å². The Morgan fingerprint density at radius 3 is 2.25 bits per heavy atom. The molecule has 0 spiro atoms. The van der Waals surface area contributed by atoms with Crippen molar-refractivity contribution in [1.29, 1.82) is 0 Å². The molecular weight excluding hydrogens is 268 g/mol. The van der Waals surface area contributed by atoms with E-state index in [1.54, 1.807) is 0 Å². The Hall–Kier alpha value is -1.65. The van der Waals surface area contributed by atoms with Crippen molar-refractivity contribution in [3.8, 4) is 5.75 Å². The van der Waals surface area contributed by atoms with Crippen molar-refractivity contribution >= 4 is 17.2 Å². The SMILES string of the molecule is C=CCN(CC=C)C(C(N)=S)c1ccc(OCC)cc1. The van der Waals surface area contributed by atoms with Gasteiger partial charge in [-0.15, -0.1) is 13.2 Å². The molecule has 0 aliphatic heterocycles. The molecule has 1 aromatic rings. The molecule has 0 aliphatic rings. The number of hydrogen-bond donors (Lipinski definition) is 1. The molecule has 1 aromatic carbocycles. The first-order valence-corrected chi connectivity index (χ1v) is 7.02. The fraction of sp³-hybridized carbons (Fsp3) is 0.312. The number of nitrogens with zero attached hydrogens (tertiary/aromatic N) is 1. The summed E-state index contributed by atoms with van der Waals surface area (Å²) in [6.07, 6.45) is 3.67. The van der Waals surface area contributed by atoms with Gasteiger partial charge in [0.15, 0.2) is 0 Å². The molecule has 2 N–H and O–H groups in total. The summed E-state index contributed by atoms with van der Waals surface area (Å²) < 4.78 is 5.45. The predicted molar refractivity (Wildman–Crippen MR) is 89.1 cm³/mol. The second-order valence-electron chi connectivity index (χ2n) is 4.34. The Labute approximate surface area is 126 Å². The van der Waals surface area contributed by atoms with Crippen LogP contribution in [0.1, 0.15) is 18.5 Å². The van der Waals surface area contributed by atoms with Crippen LogP contribution in [0.5, 0.6) is 5.75 Å². The zero-order valence-corrected chi connectivity index (χ0v) is 12.7. The molecule has 1 rings (SSSR count). The van der Waals surface area contributed by atoms with Crippen LogP contribution in [0.25, 0.3) is 0 Å². The van der Waals surface area contributed by atoms with Crippen LogP contribution in [-0.2, 0) is 0 Å². The molecule has 0 aliphatic carbocycles. The number of hydrogen-bond acceptors (Lipinski definition) is 3. The molecule has 20 heavy (non-hydrogen) atoms. The molecule has 4 heteroatoms. The molecule has 0 aromatic heterocycles. The molecule has 0 heterocycles. The average Bonchev–Trinajstić information content (AvgIpc) is 2.41. The third kappa shape index (κ3) is 4.47. The molecule has 0 saturated carbocycles. The summed E-state index contributed by atoms with van der Waals surface area (Å²) in [5.41, 5.74) is 6.96. The van der Waals surface area contributed by atoms with Gasteiger partial charge in [0, 0.05) is 13.1 Å². The van der Waals surface area contributed by atoms with E-state index in [-0.39, 0.29) is 6.04 Å². The molecule has 0 fully saturated rings. The highest BCUT2D eigenvalue weighted by Crippen LogP contribution is 2.23. The normalized spacial score (nSPS) is 11.9. The maximum absolute atomic E-state index is 5.92. The van der Waals surface area contributed by atoms with Crippen molar-refractivity contribution in [3.05, 3.63) is 55.1 Å². The van der Waals surface area contributed by atoms with Gasteiger partial charge in [-0.05, 0) is 24.6 Å². The Balaban J connectivity index is 3.01. The van der Waals surface area contributed by atoms with Gasteiger partial charge in [-0.1, -0.05) is 36.5 Å². The van der Waals surface area contributed by atoms with E-state index >= 15 is 0 Å². The highest BCUT2D eigenvalue weighted by molar-refractivity contribution is 7.80. The van der Waals surface area contributed by atoms with Gasteiger partial charge in [-0.2, -0.15) is 0 Å². The van der Waals surface area contributed by atoms with Crippen LogP contribution in [0.2, 0.25) is 0 Å². The standard InChI is InChI=1S/C16H22N2OS/c1-4-11-18(12-5-2)15(16(17)20)13-7-9-14(10-8-13)19-6-3/h4-5,7-10,15H,1-2,6,11-12H2,3H3,(H2,17,20). The van der Waals surface area contributed by atoms with Gasteiger partial charge in [-0.3, -0.25) is 4.90 Å². The summed E-state index contributed by atoms with van der Waals surface area (Å²) in [7, 11) is 0. The monoisotopic (exact) mass is 290 g/mol. The van der Waals surface area contributed by atoms with Crippen molar-refractivity contribution in [1.82, 2.24) is 4.90 Å². The van der Waals surface area contributed by atoms with E-state index < -0.39 is 0 Å². The zero-order chi connectivity index (χ0) is 15.0. The van der Waals surface area contributed by atoms with E-state index in [0.29, 0.717) is 24.7 Å². The minimum atomic E-state index is -0.128. The van der Waals surface area contributed by atoms with Crippen molar-refractivity contribution < 1.29 is 4.74 Å². The zero-order valence-electron chi connectivity index (χ0n) is 11.9. The first-order valence-electron chi connectivity index (χ1n) is 6.62. The predicted octanol–water partition coefficient (Wildman–Crippen LogP) is 3.09. The van der Waals surface area contributed by atoms with Crippen molar-refractivity contribution in [2.75, 3.05) is 19.7 Å². The first kappa shape index (κ1) is 16.4. The van der Waals surface area contributed by atoms with Crippen LogP contribution in [0.4, 0.5) is 0 Å². The number of nitrogens with two attached hydrogens (primary N) is 1. The number of benzene rings is 1. The van der Waals surface area contributed by atoms with Gasteiger partial charge in [0.25, 0.3) is 0 Å². The Morgan fingerprint density at radius 1 is 1.30 bits per heavy atom. The fourth-order valence-electron chi connectivity index (χ4n) is 2.09. The summed E-state index contributed by atoms with van der Waals surface area (Å²) in [5.74, 6) is 0.844. The molecular formula is C16H22N2OS. The number of ether oxygens (including phenoxy) is 1. The molecule has 108 valence electrons. The summed E-state index contributed by atoms with van der Waals surface area (Å²) in [6, 6.07) is 7.73. The highest BCUT2D eigenvalue weighted by Gasteiger charge is 2.21. The number of rotatable bonds is 9. The topological polar surface area (TPSA) is 38.5 Å². The minimum absolute atomic E-state index is 0.128. The van der Waals surface area contributed by atoms with Crippen LogP contribution < -0.4 is 10.5 Å². The van der Waals surface area contributed by atoms with Crippen molar-refractivity contribution in [3.63, 3.8) is 0 Å². The molecule has 0 bridgehead atoms. The third-order valence-electron chi connectivity index (χ3n) is 2.87. The van der Waals surface area contributed by atoms with Crippen LogP contribution in [0.3, 0.4) is 0 Å². The second-order valence-corrected chi connectivity index (χ2v) is 4.81. The van der Waals surface area contributed by atoms with Crippen LogP contribution in [-0.4, -0.2) is 29.6 Å². The van der Waals surface area contributed by atoms with E-state index in [2.05, 4.69) is 18.1 Å². The molecule has 3 nitrogen and oxygen atoms in total. The van der Waals surface area contributed by atoms with E-state index in [1.165, 1.54) is 0 Å². The lowest BCUT2D eigenvalue weighted by atomic mass is 10.0. The Morgan fingerprint density at radius 2 is 1.85 bits per heavy atom. The third-order valence-corrected chi connectivity index (χ3v) is 3.09. The van der Waals surface area contributed by atoms with E-state index in [0.717, 1.165) is 11.3 Å². The highest BCUT2D eigenvalue weighted by atomic mass is 32.1. The summed E-state index contributed by atoms with van der Waals surface area (Å²) >= 11 is 5.22. The van der Waals surface area contributed by atoms with Gasteiger partial charge in [0.05, 0.1) is 17.6 Å². The number of thiocarbonyl (C=S) groups is 1. The molecule has 0 radical (unpaired) electrons. The van der Waals surface area contributed by atoms with E-state index in [9.17, 15) is 0 Å². The summed E-state index contributed by atoms with van der Waals surface area (Å²) in [4.78, 5) is 2.57. The second kappa shape index (κ2) is 8.51. The minimum Gasteiger partial charge on any atom is -0.494 e. The van der Waals surface area contributed by atoms with Crippen molar-refractivity contribution in [2.45, 2.75) is 13.0 Å². The Bertz CT molecular complexity index is 446. The molecule has 0 amide bonds. The van der Waals surface area contributed by atoms with E-state index in [1.807, 2.05) is 43.3 Å². The smallest absolute Gasteiger partial charge is 0.119 e. The van der Waals surface area contributed by atoms with Crippen LogP contribution in [0, 0.1) is 0 Å². The quantitative estimate of drug-likeness (QED) is 0.560. The maximum Gasteiger partial charge on any atom is 0.119 e. The van der Waals surface area contributed by atoms with Gasteiger partial charge >= 0.3 is 0 Å². The molecule has 1 atom stereocenters. The Kier molecular flexibility index (Phi) is 6.98. The lowest BCUT2D eigenvalue weighted by Crippen LogP contribution is -2.37. The van der Waals surface area contributed by atoms with Gasteiger partial charge < -0.3 is 10.5 Å². The van der Waals surface area contributed by atoms with Gasteiger partial charge in [0.2, 0.25) is 0 Å². The lowest BCUT2D eigenvalue weighted by molar-refractivity contribution is 0.301. The van der Waals surface area contributed by atoms with Crippen LogP contribution >= 0.6 is 12.2 Å². The van der Waals surface area contributed by atoms with Crippen LogP contribution in [0.15, 0.2) is 49.6 Å². The lowest BCUT2D eigenvalue weighted by Gasteiger charge is -2.29. The largest absolute Gasteiger partial charge is 0.494 e. The van der Waals surface area contributed by atoms with Gasteiger partial charge in [0.1, 0.15) is 5.75 Å². The average molecular weight is 290 g/mol. The summed E-state index contributed by atoms with van der Waals surface area (Å²) in [5, 5.41) is 0. The summed E-state index contributed by atoms with van der Waals surface area (Å²) in [6.45, 7) is 11.6. The first-order chi connectivity index (χ1) is 9.63.